The zero-order valence-corrected chi connectivity index (χ0v) is 36.7. The van der Waals surface area contributed by atoms with Crippen LogP contribution in [-0.2, 0) is 26.9 Å². The number of anilines is 1. The number of likely N-dealkylation sites (tertiary alicyclic amines) is 1. The Morgan fingerprint density at radius 3 is 2.33 bits per heavy atom. The maximum Gasteiger partial charge on any atom is 0.411 e. The number of amides is 2. The summed E-state index contributed by atoms with van der Waals surface area (Å²) in [6.45, 7) is 15.2. The molecule has 318 valence electrons. The molecule has 2 amide bonds. The summed E-state index contributed by atoms with van der Waals surface area (Å²) in [5, 5.41) is 20.9. The van der Waals surface area contributed by atoms with E-state index >= 15 is 0 Å². The molecule has 2 heterocycles. The number of phenolic OH excluding ortho intramolecular Hbond substituents is 1. The summed E-state index contributed by atoms with van der Waals surface area (Å²) >= 11 is 0. The van der Waals surface area contributed by atoms with Gasteiger partial charge in [-0.1, -0.05) is 99.6 Å². The number of piperidine rings is 1. The molecule has 60 heavy (non-hydrogen) atoms. The second-order valence-electron chi connectivity index (χ2n) is 17.3. The number of aromatic nitrogens is 1. The molecule has 1 aliphatic rings. The molecule has 0 spiro atoms. The average Bonchev–Trinajstić information content (AvgIpc) is 3.22. The van der Waals surface area contributed by atoms with Crippen molar-refractivity contribution in [2.24, 2.45) is 0 Å². The number of pyridine rings is 1. The van der Waals surface area contributed by atoms with Crippen molar-refractivity contribution in [3.63, 3.8) is 0 Å². The number of para-hydroxylation sites is 1. The van der Waals surface area contributed by atoms with Crippen molar-refractivity contribution in [2.45, 2.75) is 89.8 Å². The second-order valence-corrected chi connectivity index (χ2v) is 22.0. The number of rotatable bonds is 17. The van der Waals surface area contributed by atoms with Gasteiger partial charge in [0.2, 0.25) is 11.5 Å². The summed E-state index contributed by atoms with van der Waals surface area (Å²) < 4.78 is 12.7. The van der Waals surface area contributed by atoms with Crippen molar-refractivity contribution >= 4 is 36.9 Å². The predicted molar refractivity (Wildman–Crippen MR) is 243 cm³/mol. The first kappa shape index (κ1) is 44.3. The summed E-state index contributed by atoms with van der Waals surface area (Å²) in [4.78, 5) is 42.5. The van der Waals surface area contributed by atoms with Crippen molar-refractivity contribution in [1.29, 1.82) is 0 Å². The highest BCUT2D eigenvalue weighted by Crippen LogP contribution is 2.41. The Bertz CT molecular complexity index is 2250. The highest BCUT2D eigenvalue weighted by atomic mass is 28.4. The number of aromatic hydroxyl groups is 1. The van der Waals surface area contributed by atoms with Gasteiger partial charge in [0.05, 0.1) is 17.3 Å². The highest BCUT2D eigenvalue weighted by molar-refractivity contribution is 6.74. The molecule has 0 radical (unpaired) electrons. The van der Waals surface area contributed by atoms with Crippen LogP contribution >= 0.6 is 0 Å². The Kier molecular flexibility index (Phi) is 15.0. The molecule has 11 nitrogen and oxygen atoms in total. The second kappa shape index (κ2) is 20.3. The summed E-state index contributed by atoms with van der Waals surface area (Å²) in [5.41, 5.74) is 6.15. The normalized spacial score (nSPS) is 14.5. The number of aryl methyl sites for hydroxylation is 1. The first-order chi connectivity index (χ1) is 28.8. The molecular formula is C48H61N5O6Si. The van der Waals surface area contributed by atoms with E-state index in [1.807, 2.05) is 60.7 Å². The predicted octanol–water partition coefficient (Wildman–Crippen LogP) is 8.91. The van der Waals surface area contributed by atoms with Crippen LogP contribution in [0.1, 0.15) is 69.2 Å². The molecule has 0 unspecified atom stereocenters. The largest absolute Gasteiger partial charge is 0.506 e. The van der Waals surface area contributed by atoms with Crippen LogP contribution in [0.25, 0.3) is 22.0 Å². The molecule has 0 bridgehead atoms. The number of ether oxygens (including phenoxy) is 1. The number of nitrogens with zero attached hydrogens (tertiary/aromatic N) is 1. The van der Waals surface area contributed by atoms with Crippen LogP contribution in [0.5, 0.6) is 5.75 Å². The van der Waals surface area contributed by atoms with E-state index in [-0.39, 0.29) is 34.5 Å². The fourth-order valence-corrected chi connectivity index (χ4v) is 8.61. The maximum absolute atomic E-state index is 12.8. The molecule has 1 atom stereocenters. The molecule has 5 N–H and O–H groups in total. The number of carbonyl (C=O) groups excluding carboxylic acids is 2. The Morgan fingerprint density at radius 1 is 0.900 bits per heavy atom. The van der Waals surface area contributed by atoms with E-state index in [1.54, 1.807) is 12.1 Å². The van der Waals surface area contributed by atoms with Gasteiger partial charge in [-0.3, -0.25) is 14.9 Å². The quantitative estimate of drug-likeness (QED) is 0.0462. The highest BCUT2D eigenvalue weighted by Gasteiger charge is 2.39. The van der Waals surface area contributed by atoms with Crippen molar-refractivity contribution < 1.29 is 23.9 Å². The molecule has 4 aromatic carbocycles. The third-order valence-electron chi connectivity index (χ3n) is 11.9. The van der Waals surface area contributed by atoms with Crippen molar-refractivity contribution in [3.05, 3.63) is 130 Å². The lowest BCUT2D eigenvalue weighted by Gasteiger charge is -2.39. The van der Waals surface area contributed by atoms with Gasteiger partial charge in [-0.25, -0.2) is 4.79 Å². The fraction of sp³-hybridized carbons (Fsp3) is 0.396. The summed E-state index contributed by atoms with van der Waals surface area (Å²) in [6.07, 6.45) is 2.74. The smallest absolute Gasteiger partial charge is 0.411 e. The van der Waals surface area contributed by atoms with E-state index in [0.717, 1.165) is 72.1 Å². The monoisotopic (exact) mass is 831 g/mol. The zero-order valence-electron chi connectivity index (χ0n) is 35.7. The molecule has 1 aromatic heterocycles. The van der Waals surface area contributed by atoms with Crippen molar-refractivity contribution in [2.75, 3.05) is 38.0 Å². The molecule has 5 aromatic rings. The molecule has 12 heteroatoms. The molecule has 0 aliphatic carbocycles. The number of benzene rings is 4. The van der Waals surface area contributed by atoms with Crippen LogP contribution in [0.15, 0.2) is 108 Å². The Hall–Kier alpha value is -5.27. The molecule has 6 rings (SSSR count). The van der Waals surface area contributed by atoms with Gasteiger partial charge >= 0.3 is 6.09 Å². The zero-order chi connectivity index (χ0) is 42.7. The minimum Gasteiger partial charge on any atom is -0.506 e. The summed E-state index contributed by atoms with van der Waals surface area (Å²) in [5.74, 6) is 0.0879. The molecular weight excluding hydrogens is 771 g/mol. The molecule has 1 saturated heterocycles. The van der Waals surface area contributed by atoms with E-state index < -0.39 is 14.4 Å². The van der Waals surface area contributed by atoms with E-state index in [9.17, 15) is 19.5 Å². The first-order valence-corrected chi connectivity index (χ1v) is 24.1. The van der Waals surface area contributed by atoms with Crippen LogP contribution in [-0.4, -0.2) is 74.1 Å². The number of H-pyrrole nitrogens is 1. The number of hydrogen-bond donors (Lipinski definition) is 5. The third kappa shape index (κ3) is 12.2. The van der Waals surface area contributed by atoms with E-state index in [4.69, 9.17) is 9.16 Å². The minimum absolute atomic E-state index is 0.000180. The summed E-state index contributed by atoms with van der Waals surface area (Å²) in [7, 11) is -2.18. The van der Waals surface area contributed by atoms with Crippen molar-refractivity contribution in [3.8, 4) is 16.9 Å². The standard InChI is InChI=1S/C48H61N5O6Si/c1-48(2,3)60(4,5)59-43(39-21-23-42(54)46-40(39)22-24-45(56)52-46)33-49-32-35-19-17-34(18-20-35)12-11-28-50-44(55)27-31-53-29-25-37(26-30-53)58-47(57)51-41-16-10-9-15-38(41)36-13-7-6-8-14-36/h6-10,13-24,37,43,49,54H,11-12,25-33H2,1-5H3,(H,50,55)(H,51,57)(H,52,56)/t43-/m0/s1. The van der Waals surface area contributed by atoms with E-state index in [0.29, 0.717) is 38.1 Å². The third-order valence-corrected chi connectivity index (χ3v) is 16.3. The van der Waals surface area contributed by atoms with Gasteiger partial charge in [0, 0.05) is 62.7 Å². The van der Waals surface area contributed by atoms with Crippen LogP contribution in [0.4, 0.5) is 10.5 Å². The van der Waals surface area contributed by atoms with Gasteiger partial charge in [-0.2, -0.15) is 0 Å². The number of phenols is 1. The number of hydrogen-bond acceptors (Lipinski definition) is 8. The fourth-order valence-electron chi connectivity index (χ4n) is 7.33. The van der Waals surface area contributed by atoms with Gasteiger partial charge in [0.15, 0.2) is 8.32 Å². The Balaban J connectivity index is 0.882. The van der Waals surface area contributed by atoms with Gasteiger partial charge in [-0.05, 0) is 84.3 Å². The van der Waals surface area contributed by atoms with Crippen molar-refractivity contribution in [1.82, 2.24) is 20.5 Å². The lowest BCUT2D eigenvalue weighted by atomic mass is 10.0. The van der Waals surface area contributed by atoms with E-state index in [1.165, 1.54) is 11.6 Å². The lowest BCUT2D eigenvalue weighted by Crippen LogP contribution is -2.43. The minimum atomic E-state index is -2.18. The average molecular weight is 832 g/mol. The first-order valence-electron chi connectivity index (χ1n) is 21.2. The number of carbonyl (C=O) groups is 2. The number of fused-ring (bicyclic) bond motifs is 1. The SMILES string of the molecule is CC(C)(C)[Si](C)(C)O[C@@H](CNCc1ccc(CCCNC(=O)CCN2CCC(OC(=O)Nc3ccccc3-c3ccccc3)CC2)cc1)c1ccc(O)c2[nH]c(=O)ccc12. The van der Waals surface area contributed by atoms with Gasteiger partial charge in [0.25, 0.3) is 0 Å². The molecule has 1 aliphatic heterocycles. The van der Waals surface area contributed by atoms with Crippen LogP contribution in [0.3, 0.4) is 0 Å². The number of nitrogens with one attached hydrogen (secondary N) is 4. The van der Waals surface area contributed by atoms with Crippen LogP contribution in [0.2, 0.25) is 18.1 Å². The van der Waals surface area contributed by atoms with Gasteiger partial charge in [0.1, 0.15) is 11.9 Å². The lowest BCUT2D eigenvalue weighted by molar-refractivity contribution is -0.121. The Morgan fingerprint density at radius 2 is 1.60 bits per heavy atom. The maximum atomic E-state index is 12.8. The van der Waals surface area contributed by atoms with Gasteiger partial charge in [-0.15, -0.1) is 0 Å². The summed E-state index contributed by atoms with van der Waals surface area (Å²) in [6, 6.07) is 33.0. The number of aromatic amines is 1. The topological polar surface area (TPSA) is 145 Å². The van der Waals surface area contributed by atoms with Gasteiger partial charge < -0.3 is 34.8 Å². The van der Waals surface area contributed by atoms with Crippen LogP contribution < -0.4 is 21.5 Å². The molecule has 1 fully saturated rings. The molecule has 0 saturated carbocycles. The van der Waals surface area contributed by atoms with Crippen LogP contribution in [0, 0.1) is 0 Å². The Labute approximate surface area is 355 Å². The van der Waals surface area contributed by atoms with E-state index in [2.05, 4.69) is 84.0 Å².